The minimum absolute atomic E-state index is 1.04. The maximum Gasteiger partial charge on any atom is 0.0341 e. The van der Waals surface area contributed by atoms with E-state index in [1.54, 1.807) is 0 Å². The van der Waals surface area contributed by atoms with E-state index in [1.807, 2.05) is 7.05 Å². The van der Waals surface area contributed by atoms with Crippen LogP contribution in [0.5, 0.6) is 0 Å². The third-order valence-corrected chi connectivity index (χ3v) is 1.62. The van der Waals surface area contributed by atoms with Crippen LogP contribution in [0.15, 0.2) is 16.6 Å². The lowest BCUT2D eigenvalue weighted by molar-refractivity contribution is 1.10. The fourth-order valence-corrected chi connectivity index (χ4v) is 0.711. The Kier molecular flexibility index (Phi) is 4.91. The van der Waals surface area contributed by atoms with Crippen LogP contribution >= 0.6 is 0 Å². The van der Waals surface area contributed by atoms with Crippen molar-refractivity contribution in [3.63, 3.8) is 0 Å². The Bertz CT molecular complexity index is 143. The number of hydrogen-bond acceptors (Lipinski definition) is 1. The molecule has 0 aromatic carbocycles. The lowest BCUT2D eigenvalue weighted by Gasteiger charge is -1.96. The molecular weight excluding hydrogens is 122 g/mol. The van der Waals surface area contributed by atoms with Crippen LogP contribution in [0.1, 0.15) is 33.6 Å². The third kappa shape index (κ3) is 3.44. The molecule has 0 spiro atoms. The quantitative estimate of drug-likeness (QED) is 0.533. The summed E-state index contributed by atoms with van der Waals surface area (Å²) >= 11 is 0. The molecule has 0 aromatic heterocycles. The van der Waals surface area contributed by atoms with Crippen molar-refractivity contribution < 1.29 is 0 Å². The first-order chi connectivity index (χ1) is 4.74. The monoisotopic (exact) mass is 139 g/mol. The molecule has 0 radical (unpaired) electrons. The first kappa shape index (κ1) is 9.41. The van der Waals surface area contributed by atoms with Crippen LogP contribution in [-0.4, -0.2) is 12.8 Å². The molecule has 0 atom stereocenters. The zero-order valence-corrected chi connectivity index (χ0v) is 7.44. The summed E-state index contributed by atoms with van der Waals surface area (Å²) in [6, 6.07) is 0. The highest BCUT2D eigenvalue weighted by Crippen LogP contribution is 2.00. The normalized spacial score (nSPS) is 14.0. The summed E-state index contributed by atoms with van der Waals surface area (Å²) < 4.78 is 0. The van der Waals surface area contributed by atoms with Gasteiger partial charge in [-0.3, -0.25) is 4.99 Å². The van der Waals surface area contributed by atoms with E-state index in [0.29, 0.717) is 0 Å². The van der Waals surface area contributed by atoms with Gasteiger partial charge in [0, 0.05) is 12.8 Å². The topological polar surface area (TPSA) is 12.4 Å². The van der Waals surface area contributed by atoms with Crippen molar-refractivity contribution in [3.8, 4) is 0 Å². The molecule has 1 nitrogen and oxygen atoms in total. The second-order valence-electron chi connectivity index (χ2n) is 2.41. The number of hydrogen-bond donors (Lipinski definition) is 0. The molecule has 0 saturated carbocycles. The number of allylic oxidation sites excluding steroid dienone is 2. The molecule has 0 heterocycles. The molecule has 0 bridgehead atoms. The van der Waals surface area contributed by atoms with Gasteiger partial charge in [0.1, 0.15) is 0 Å². The molecule has 0 fully saturated rings. The first-order valence-corrected chi connectivity index (χ1v) is 3.87. The number of aliphatic imine (C=N–C) groups is 1. The van der Waals surface area contributed by atoms with Crippen molar-refractivity contribution in [2.24, 2.45) is 4.99 Å². The average Bonchev–Trinajstić information content (AvgIpc) is 1.99. The van der Waals surface area contributed by atoms with E-state index in [-0.39, 0.29) is 0 Å². The van der Waals surface area contributed by atoms with E-state index < -0.39 is 0 Å². The molecule has 0 unspecified atom stereocenters. The summed E-state index contributed by atoms with van der Waals surface area (Å²) in [7, 11) is 1.85. The van der Waals surface area contributed by atoms with E-state index in [0.717, 1.165) is 12.8 Å². The molecule has 0 aromatic rings. The van der Waals surface area contributed by atoms with Crippen molar-refractivity contribution in [1.82, 2.24) is 0 Å². The summed E-state index contributed by atoms with van der Waals surface area (Å²) in [5.74, 6) is 0. The largest absolute Gasteiger partial charge is 0.293 e. The third-order valence-electron chi connectivity index (χ3n) is 1.62. The van der Waals surface area contributed by atoms with Gasteiger partial charge in [0.25, 0.3) is 0 Å². The Labute approximate surface area is 63.9 Å². The Morgan fingerprint density at radius 1 is 1.30 bits per heavy atom. The van der Waals surface area contributed by atoms with Crippen LogP contribution in [0.4, 0.5) is 0 Å². The van der Waals surface area contributed by atoms with Gasteiger partial charge in [-0.2, -0.15) is 0 Å². The maximum absolute atomic E-state index is 4.13. The molecule has 0 amide bonds. The van der Waals surface area contributed by atoms with Crippen LogP contribution in [0.25, 0.3) is 0 Å². The second kappa shape index (κ2) is 5.21. The van der Waals surface area contributed by atoms with Crippen molar-refractivity contribution >= 4 is 5.71 Å². The van der Waals surface area contributed by atoms with Gasteiger partial charge in [0.15, 0.2) is 0 Å². The summed E-state index contributed by atoms with van der Waals surface area (Å²) in [5, 5.41) is 0. The molecule has 10 heavy (non-hydrogen) atoms. The lowest BCUT2D eigenvalue weighted by Crippen LogP contribution is -1.91. The summed E-state index contributed by atoms with van der Waals surface area (Å²) in [6.45, 7) is 6.43. The first-order valence-electron chi connectivity index (χ1n) is 3.87. The lowest BCUT2D eigenvalue weighted by atomic mass is 10.1. The van der Waals surface area contributed by atoms with E-state index >= 15 is 0 Å². The van der Waals surface area contributed by atoms with Crippen molar-refractivity contribution in [3.05, 3.63) is 11.6 Å². The van der Waals surface area contributed by atoms with Gasteiger partial charge >= 0.3 is 0 Å². The van der Waals surface area contributed by atoms with Crippen LogP contribution in [-0.2, 0) is 0 Å². The van der Waals surface area contributed by atoms with Crippen LogP contribution in [0, 0.1) is 0 Å². The second-order valence-corrected chi connectivity index (χ2v) is 2.41. The summed E-state index contributed by atoms with van der Waals surface area (Å²) in [6.07, 6.45) is 4.33. The van der Waals surface area contributed by atoms with Gasteiger partial charge in [-0.25, -0.2) is 0 Å². The Morgan fingerprint density at radius 3 is 2.20 bits per heavy atom. The highest BCUT2D eigenvalue weighted by molar-refractivity contribution is 5.95. The van der Waals surface area contributed by atoms with Crippen molar-refractivity contribution in [1.29, 1.82) is 0 Å². The van der Waals surface area contributed by atoms with E-state index in [2.05, 4.69) is 31.8 Å². The molecule has 0 rings (SSSR count). The molecule has 0 saturated heterocycles. The van der Waals surface area contributed by atoms with Crippen LogP contribution in [0.3, 0.4) is 0 Å². The Morgan fingerprint density at radius 2 is 1.90 bits per heavy atom. The zero-order valence-electron chi connectivity index (χ0n) is 7.44. The van der Waals surface area contributed by atoms with Gasteiger partial charge in [-0.15, -0.1) is 0 Å². The molecule has 0 aliphatic heterocycles. The molecular formula is C9H17N. The molecule has 0 aliphatic carbocycles. The zero-order chi connectivity index (χ0) is 7.98. The summed E-state index contributed by atoms with van der Waals surface area (Å²) in [5.41, 5.74) is 2.60. The van der Waals surface area contributed by atoms with E-state index in [4.69, 9.17) is 0 Å². The Balaban J connectivity index is 4.08. The molecule has 0 N–H and O–H groups in total. The fourth-order valence-electron chi connectivity index (χ4n) is 0.711. The number of nitrogens with zero attached hydrogens (tertiary/aromatic N) is 1. The fraction of sp³-hybridized carbons (Fsp3) is 0.667. The van der Waals surface area contributed by atoms with Crippen molar-refractivity contribution in [2.45, 2.75) is 33.6 Å². The maximum atomic E-state index is 4.13. The van der Waals surface area contributed by atoms with E-state index in [9.17, 15) is 0 Å². The highest BCUT2D eigenvalue weighted by atomic mass is 14.7. The minimum atomic E-state index is 1.04. The van der Waals surface area contributed by atoms with Crippen molar-refractivity contribution in [2.75, 3.05) is 7.05 Å². The van der Waals surface area contributed by atoms with Gasteiger partial charge in [0.05, 0.1) is 0 Å². The molecule has 0 aliphatic rings. The standard InChI is InChI=1S/C9H17N/c1-5-8(3)7-9(6-2)10-4/h7H,5-6H2,1-4H3/b8-7-,10-9?. The predicted octanol–water partition coefficient (Wildman–Crippen LogP) is 2.82. The summed E-state index contributed by atoms with van der Waals surface area (Å²) in [4.78, 5) is 4.13. The SMILES string of the molecule is CCC(/C=C(/C)CC)=NC. The highest BCUT2D eigenvalue weighted by Gasteiger charge is 1.89. The van der Waals surface area contributed by atoms with Gasteiger partial charge in [-0.05, 0) is 25.8 Å². The molecule has 58 valence electrons. The van der Waals surface area contributed by atoms with Gasteiger partial charge < -0.3 is 0 Å². The minimum Gasteiger partial charge on any atom is -0.293 e. The smallest absolute Gasteiger partial charge is 0.0341 e. The van der Waals surface area contributed by atoms with Gasteiger partial charge in [0.2, 0.25) is 0 Å². The van der Waals surface area contributed by atoms with Crippen LogP contribution in [0.2, 0.25) is 0 Å². The predicted molar refractivity (Wildman–Crippen MR) is 47.7 cm³/mol. The Hall–Kier alpha value is -0.590. The average molecular weight is 139 g/mol. The molecule has 1 heteroatoms. The number of rotatable bonds is 3. The van der Waals surface area contributed by atoms with Gasteiger partial charge in [-0.1, -0.05) is 19.4 Å². The van der Waals surface area contributed by atoms with E-state index in [1.165, 1.54) is 11.3 Å². The van der Waals surface area contributed by atoms with Crippen LogP contribution < -0.4 is 0 Å².